The van der Waals surface area contributed by atoms with E-state index in [1.165, 1.54) is 7.11 Å². The molecule has 0 aliphatic rings. The van der Waals surface area contributed by atoms with Crippen molar-refractivity contribution in [2.75, 3.05) is 7.11 Å². The molecule has 21 heavy (non-hydrogen) atoms. The van der Waals surface area contributed by atoms with Crippen LogP contribution in [-0.2, 0) is 9.57 Å². The van der Waals surface area contributed by atoms with Crippen molar-refractivity contribution in [1.29, 1.82) is 0 Å². The maximum atomic E-state index is 11.0. The van der Waals surface area contributed by atoms with Crippen molar-refractivity contribution in [3.8, 4) is 5.75 Å². The van der Waals surface area contributed by atoms with E-state index in [9.17, 15) is 4.79 Å². The Labute approximate surface area is 129 Å². The van der Waals surface area contributed by atoms with Crippen molar-refractivity contribution < 1.29 is 19.2 Å². The summed E-state index contributed by atoms with van der Waals surface area (Å²) in [6.07, 6.45) is -0.724. The minimum Gasteiger partial charge on any atom is -0.451 e. The summed E-state index contributed by atoms with van der Waals surface area (Å²) in [5, 5.41) is 4.40. The predicted octanol–water partition coefficient (Wildman–Crippen LogP) is 3.53. The van der Waals surface area contributed by atoms with E-state index in [1.54, 1.807) is 25.1 Å². The topological polar surface area (TPSA) is 69.2 Å². The molecule has 0 bridgehead atoms. The average Bonchev–Trinajstić information content (AvgIpc) is 2.42. The molecule has 0 atom stereocenters. The largest absolute Gasteiger partial charge is 0.451 e. The Balaban J connectivity index is 2.87. The lowest BCUT2D eigenvalue weighted by molar-refractivity contribution is 0.000951. The molecule has 1 N–H and O–H groups in total. The van der Waals surface area contributed by atoms with Crippen molar-refractivity contribution in [2.45, 2.75) is 33.3 Å². The number of amides is 1. The number of hydrogen-bond acceptors (Lipinski definition) is 5. The van der Waals surface area contributed by atoms with Gasteiger partial charge in [0.15, 0.2) is 5.75 Å². The van der Waals surface area contributed by atoms with Gasteiger partial charge in [0.05, 0.1) is 17.8 Å². The Hall–Kier alpha value is -1.95. The van der Waals surface area contributed by atoms with E-state index < -0.39 is 6.09 Å². The van der Waals surface area contributed by atoms with Gasteiger partial charge in [-0.1, -0.05) is 22.8 Å². The quantitative estimate of drug-likeness (QED) is 0.682. The van der Waals surface area contributed by atoms with E-state index in [0.29, 0.717) is 10.7 Å². The van der Waals surface area contributed by atoms with Gasteiger partial charge in [0.2, 0.25) is 0 Å². The summed E-state index contributed by atoms with van der Waals surface area (Å²) < 4.78 is 4.40. The molecule has 1 aromatic carbocycles. The van der Waals surface area contributed by atoms with Crippen LogP contribution in [0.15, 0.2) is 23.4 Å². The summed E-state index contributed by atoms with van der Waals surface area (Å²) in [6, 6.07) is 5.06. The molecule has 6 nitrogen and oxygen atoms in total. The van der Waals surface area contributed by atoms with Gasteiger partial charge in [-0.3, -0.25) is 0 Å². The second-order valence-corrected chi connectivity index (χ2v) is 5.63. The summed E-state index contributed by atoms with van der Waals surface area (Å²) in [6.45, 7) is 7.51. The number of carbonyl (C=O) groups is 1. The van der Waals surface area contributed by atoms with Gasteiger partial charge in [0.1, 0.15) is 5.60 Å². The predicted molar refractivity (Wildman–Crippen MR) is 80.7 cm³/mol. The Morgan fingerprint density at radius 2 is 2.00 bits per heavy atom. The Morgan fingerprint density at radius 3 is 2.57 bits per heavy atom. The lowest BCUT2D eigenvalue weighted by Crippen LogP contribution is -2.26. The van der Waals surface area contributed by atoms with Crippen LogP contribution in [0.1, 0.15) is 33.3 Å². The molecule has 0 aliphatic carbocycles. The number of benzene rings is 1. The molecule has 0 saturated carbocycles. The van der Waals surface area contributed by atoms with Crippen LogP contribution in [0.25, 0.3) is 0 Å². The standard InChI is InChI=1S/C14H19ClN2O4/c1-9(16-21-14(2,3)4)10-6-7-11(15)12(8-10)20-17-13(18)19-5/h6-8H,1-5H3,(H,17,18). The molecule has 7 heteroatoms. The number of hydroxylamine groups is 1. The van der Waals surface area contributed by atoms with E-state index in [2.05, 4.69) is 15.4 Å². The van der Waals surface area contributed by atoms with Crippen LogP contribution in [-0.4, -0.2) is 24.5 Å². The van der Waals surface area contributed by atoms with E-state index in [-0.39, 0.29) is 11.4 Å². The Kier molecular flexibility index (Phi) is 5.84. The summed E-state index contributed by atoms with van der Waals surface area (Å²) in [4.78, 5) is 21.4. The van der Waals surface area contributed by atoms with Gasteiger partial charge in [-0.25, -0.2) is 4.79 Å². The SMILES string of the molecule is COC(=O)NOc1cc(C(C)=NOC(C)(C)C)ccc1Cl. The zero-order chi connectivity index (χ0) is 16.0. The summed E-state index contributed by atoms with van der Waals surface area (Å²) in [7, 11) is 1.23. The number of halogens is 1. The first kappa shape index (κ1) is 17.1. The number of ether oxygens (including phenoxy) is 1. The van der Waals surface area contributed by atoms with Crippen LogP contribution < -0.4 is 10.3 Å². The van der Waals surface area contributed by atoms with Crippen LogP contribution in [0, 0.1) is 0 Å². The van der Waals surface area contributed by atoms with Crippen molar-refractivity contribution in [1.82, 2.24) is 5.48 Å². The van der Waals surface area contributed by atoms with Gasteiger partial charge in [0.25, 0.3) is 0 Å². The maximum absolute atomic E-state index is 11.0. The van der Waals surface area contributed by atoms with E-state index in [0.717, 1.165) is 5.56 Å². The highest BCUT2D eigenvalue weighted by molar-refractivity contribution is 6.32. The molecule has 0 unspecified atom stereocenters. The molecule has 116 valence electrons. The zero-order valence-corrected chi connectivity index (χ0v) is 13.4. The Morgan fingerprint density at radius 1 is 1.33 bits per heavy atom. The molecule has 0 aliphatic heterocycles. The zero-order valence-electron chi connectivity index (χ0n) is 12.7. The highest BCUT2D eigenvalue weighted by atomic mass is 35.5. The second kappa shape index (κ2) is 7.17. The molecule has 1 rings (SSSR count). The fraction of sp³-hybridized carbons (Fsp3) is 0.429. The third kappa shape index (κ3) is 5.91. The van der Waals surface area contributed by atoms with Crippen molar-refractivity contribution in [3.63, 3.8) is 0 Å². The minimum atomic E-state index is -0.724. The third-order valence-electron chi connectivity index (χ3n) is 2.24. The van der Waals surface area contributed by atoms with E-state index >= 15 is 0 Å². The average molecular weight is 315 g/mol. The van der Waals surface area contributed by atoms with Gasteiger partial charge in [-0.2, -0.15) is 5.48 Å². The lowest BCUT2D eigenvalue weighted by atomic mass is 10.1. The first-order chi connectivity index (χ1) is 9.73. The normalized spacial score (nSPS) is 11.8. The van der Waals surface area contributed by atoms with Gasteiger partial charge in [-0.05, 0) is 39.8 Å². The molecule has 1 aromatic rings. The Bertz CT molecular complexity index is 538. The number of methoxy groups -OCH3 is 1. The number of nitrogens with one attached hydrogen (secondary N) is 1. The molecule has 0 fully saturated rings. The smallest absolute Gasteiger partial charge is 0.440 e. The maximum Gasteiger partial charge on any atom is 0.440 e. The summed E-state index contributed by atoms with van der Waals surface area (Å²) >= 11 is 5.99. The molecule has 0 aromatic heterocycles. The molecule has 0 heterocycles. The number of hydrogen-bond donors (Lipinski definition) is 1. The van der Waals surface area contributed by atoms with Crippen LogP contribution in [0.5, 0.6) is 5.75 Å². The van der Waals surface area contributed by atoms with Crippen molar-refractivity contribution >= 4 is 23.4 Å². The van der Waals surface area contributed by atoms with E-state index in [1.807, 2.05) is 20.8 Å². The summed E-state index contributed by atoms with van der Waals surface area (Å²) in [5.41, 5.74) is 3.13. The third-order valence-corrected chi connectivity index (χ3v) is 2.55. The monoisotopic (exact) mass is 314 g/mol. The van der Waals surface area contributed by atoms with Crippen LogP contribution >= 0.6 is 11.6 Å². The van der Waals surface area contributed by atoms with Gasteiger partial charge < -0.3 is 14.4 Å². The van der Waals surface area contributed by atoms with Gasteiger partial charge >= 0.3 is 6.09 Å². The number of oxime groups is 1. The van der Waals surface area contributed by atoms with Crippen LogP contribution in [0.4, 0.5) is 4.79 Å². The summed E-state index contributed by atoms with van der Waals surface area (Å²) in [5.74, 6) is 0.282. The molecule has 0 radical (unpaired) electrons. The van der Waals surface area contributed by atoms with Crippen molar-refractivity contribution in [2.24, 2.45) is 5.16 Å². The molecule has 1 amide bonds. The van der Waals surface area contributed by atoms with Crippen LogP contribution in [0.3, 0.4) is 0 Å². The fourth-order valence-electron chi connectivity index (χ4n) is 1.20. The number of rotatable bonds is 4. The molecular weight excluding hydrogens is 296 g/mol. The van der Waals surface area contributed by atoms with E-state index in [4.69, 9.17) is 21.3 Å². The molecule has 0 spiro atoms. The molecular formula is C14H19ClN2O4. The minimum absolute atomic E-state index is 0.282. The fourth-order valence-corrected chi connectivity index (χ4v) is 1.36. The lowest BCUT2D eigenvalue weighted by Gasteiger charge is -2.16. The number of nitrogens with zero attached hydrogens (tertiary/aromatic N) is 1. The first-order valence-electron chi connectivity index (χ1n) is 6.26. The highest BCUT2D eigenvalue weighted by Crippen LogP contribution is 2.25. The second-order valence-electron chi connectivity index (χ2n) is 5.22. The van der Waals surface area contributed by atoms with Crippen molar-refractivity contribution in [3.05, 3.63) is 28.8 Å². The number of carbonyl (C=O) groups excluding carboxylic acids is 1. The first-order valence-corrected chi connectivity index (χ1v) is 6.64. The van der Waals surface area contributed by atoms with Gasteiger partial charge in [0, 0.05) is 5.56 Å². The molecule has 0 saturated heterocycles. The highest BCUT2D eigenvalue weighted by Gasteiger charge is 2.12. The van der Waals surface area contributed by atoms with Gasteiger partial charge in [-0.15, -0.1) is 0 Å². The van der Waals surface area contributed by atoms with Crippen LogP contribution in [0.2, 0.25) is 5.02 Å².